The minimum atomic E-state index is -1.67. The van der Waals surface area contributed by atoms with E-state index in [-0.39, 0.29) is 0 Å². The zero-order valence-electron chi connectivity index (χ0n) is 23.8. The van der Waals surface area contributed by atoms with Gasteiger partial charge in [-0.3, -0.25) is 0 Å². The van der Waals surface area contributed by atoms with Gasteiger partial charge in [0.05, 0.1) is 37.6 Å². The van der Waals surface area contributed by atoms with Crippen molar-refractivity contribution in [2.24, 2.45) is 11.8 Å². The van der Waals surface area contributed by atoms with Crippen LogP contribution < -0.4 is 0 Å². The lowest BCUT2D eigenvalue weighted by Crippen LogP contribution is -2.60. The molecule has 1 aromatic carbocycles. The fourth-order valence-electron chi connectivity index (χ4n) is 5.78. The molecule has 0 unspecified atom stereocenters. The smallest absolute Gasteiger partial charge is 0.331 e. The summed E-state index contributed by atoms with van der Waals surface area (Å²) < 4.78 is 34.5. The number of esters is 1. The number of carbonyl (C=O) groups excluding carboxylic acids is 1. The van der Waals surface area contributed by atoms with Gasteiger partial charge >= 0.3 is 5.97 Å². The molecule has 0 saturated carbocycles. The van der Waals surface area contributed by atoms with Crippen molar-refractivity contribution in [1.82, 2.24) is 0 Å². The molecule has 1 aliphatic carbocycles. The van der Waals surface area contributed by atoms with Crippen LogP contribution in [0.5, 0.6) is 0 Å². The van der Waals surface area contributed by atoms with E-state index in [9.17, 15) is 40.5 Å². The fraction of sp³-hybridized carbons (Fsp3) is 0.567. The maximum absolute atomic E-state index is 12.7. The van der Waals surface area contributed by atoms with E-state index in [0.717, 1.165) is 5.56 Å². The Labute approximate surface area is 253 Å². The molecule has 2 saturated heterocycles. The fourth-order valence-corrected chi connectivity index (χ4v) is 5.78. The maximum Gasteiger partial charge on any atom is 0.331 e. The largest absolute Gasteiger partial charge is 0.472 e. The molecule has 4 aliphatic rings. The summed E-state index contributed by atoms with van der Waals surface area (Å²) in [6.45, 7) is 0.454. The molecule has 3 heterocycles. The molecule has 3 aliphatic heterocycles. The standard InChI is InChI=1S/C30H38O14/c1-14-22(34)25(37)27(43-20(33)8-7-15-5-3-2-4-6-15)30(40-14)41-18-11-16(12-31)21-17(18)9-10-39-28(21)44-29-26(38)24(36)23(35)19(13-32)42-29/h2-11,14,17-19,21-32,34-38H,12-13H2,1H3/t14-,17-,18+,19+,21+,22-,23+,24-,25+,26+,27+,28-,29-,30-/m0/s1. The first-order valence-corrected chi connectivity index (χ1v) is 14.3. The van der Waals surface area contributed by atoms with Crippen LogP contribution in [-0.2, 0) is 33.2 Å². The SMILES string of the molecule is C[C@@H]1O[C@@H](O[C@@H]2C=C(CO)[C@H]3[C@H](O[C@@H]4O[C@H](CO)[C@@H](O)[C@H](O)[C@H]4O)OC=C[C@H]32)[C@H](OC(=O)C=Cc2ccccc2)[C@H](O)[C@H]1O. The number of fused-ring (bicyclic) bond motifs is 1. The second kappa shape index (κ2) is 14.1. The molecule has 0 radical (unpaired) electrons. The topological polar surface area (TPSA) is 214 Å². The van der Waals surface area contributed by atoms with Crippen LogP contribution in [-0.4, -0.2) is 129 Å². The number of hydrogen-bond donors (Lipinski definition) is 7. The number of carbonyl (C=O) groups is 1. The van der Waals surface area contributed by atoms with E-state index in [0.29, 0.717) is 5.57 Å². The van der Waals surface area contributed by atoms with Gasteiger partial charge in [-0.15, -0.1) is 0 Å². The Balaban J connectivity index is 1.31. The van der Waals surface area contributed by atoms with E-state index in [2.05, 4.69) is 0 Å². The molecule has 1 aromatic rings. The average molecular weight is 623 g/mol. The highest BCUT2D eigenvalue weighted by atomic mass is 16.8. The van der Waals surface area contributed by atoms with E-state index < -0.39 is 105 Å². The van der Waals surface area contributed by atoms with Crippen LogP contribution in [0.3, 0.4) is 0 Å². The molecule has 0 bridgehead atoms. The first-order chi connectivity index (χ1) is 21.1. The van der Waals surface area contributed by atoms with Gasteiger partial charge in [0.1, 0.15) is 36.6 Å². The van der Waals surface area contributed by atoms with Gasteiger partial charge in [-0.25, -0.2) is 4.79 Å². The Kier molecular flexibility index (Phi) is 10.5. The van der Waals surface area contributed by atoms with E-state index in [1.165, 1.54) is 25.3 Å². The first kappa shape index (κ1) is 32.7. The summed E-state index contributed by atoms with van der Waals surface area (Å²) in [7, 11) is 0. The van der Waals surface area contributed by atoms with Gasteiger partial charge in [0.25, 0.3) is 0 Å². The molecule has 14 nitrogen and oxygen atoms in total. The van der Waals surface area contributed by atoms with Crippen molar-refractivity contribution in [2.75, 3.05) is 13.2 Å². The molecule has 2 fully saturated rings. The number of aliphatic hydroxyl groups is 7. The lowest BCUT2D eigenvalue weighted by molar-refractivity contribution is -0.341. The number of benzene rings is 1. The third kappa shape index (κ3) is 6.76. The first-order valence-electron chi connectivity index (χ1n) is 14.3. The monoisotopic (exact) mass is 622 g/mol. The van der Waals surface area contributed by atoms with E-state index in [4.69, 9.17) is 28.4 Å². The molecule has 5 rings (SSSR count). The van der Waals surface area contributed by atoms with E-state index >= 15 is 0 Å². The van der Waals surface area contributed by atoms with Gasteiger partial charge in [-0.05, 0) is 30.2 Å². The summed E-state index contributed by atoms with van der Waals surface area (Å²) in [6, 6.07) is 9.02. The molecule has 0 amide bonds. The zero-order valence-corrected chi connectivity index (χ0v) is 23.8. The predicted octanol–water partition coefficient (Wildman–Crippen LogP) is -1.69. The van der Waals surface area contributed by atoms with Gasteiger partial charge in [-0.2, -0.15) is 0 Å². The Morgan fingerprint density at radius 2 is 1.64 bits per heavy atom. The molecule has 0 aromatic heterocycles. The van der Waals surface area contributed by atoms with E-state index in [1.807, 2.05) is 6.07 Å². The average Bonchev–Trinajstić information content (AvgIpc) is 3.39. The van der Waals surface area contributed by atoms with Crippen molar-refractivity contribution in [2.45, 2.75) is 80.7 Å². The highest BCUT2D eigenvalue weighted by Gasteiger charge is 2.52. The summed E-state index contributed by atoms with van der Waals surface area (Å²) in [4.78, 5) is 12.7. The number of rotatable bonds is 9. The van der Waals surface area contributed by atoms with Gasteiger partial charge < -0.3 is 64.2 Å². The van der Waals surface area contributed by atoms with Crippen molar-refractivity contribution < 1.29 is 69.0 Å². The summed E-state index contributed by atoms with van der Waals surface area (Å²) in [5.74, 6) is -2.03. The quantitative estimate of drug-likeness (QED) is 0.0931. The molecular weight excluding hydrogens is 584 g/mol. The second-order valence-corrected chi connectivity index (χ2v) is 11.1. The van der Waals surface area contributed by atoms with Crippen molar-refractivity contribution >= 4 is 12.0 Å². The molecule has 0 spiro atoms. The van der Waals surface area contributed by atoms with Crippen molar-refractivity contribution in [1.29, 1.82) is 0 Å². The maximum atomic E-state index is 12.7. The molecule has 44 heavy (non-hydrogen) atoms. The molecule has 14 heteroatoms. The van der Waals surface area contributed by atoms with Crippen LogP contribution >= 0.6 is 0 Å². The van der Waals surface area contributed by atoms with Gasteiger partial charge in [0, 0.05) is 12.0 Å². The summed E-state index contributed by atoms with van der Waals surface area (Å²) in [6.07, 6.45) is -8.79. The predicted molar refractivity (Wildman–Crippen MR) is 148 cm³/mol. The van der Waals surface area contributed by atoms with Gasteiger partial charge in [0.15, 0.2) is 18.7 Å². The number of ether oxygens (including phenoxy) is 6. The molecular formula is C30H38O14. The lowest BCUT2D eigenvalue weighted by atomic mass is 9.88. The van der Waals surface area contributed by atoms with Crippen LogP contribution in [0.2, 0.25) is 0 Å². The van der Waals surface area contributed by atoms with Crippen LogP contribution in [0.4, 0.5) is 0 Å². The third-order valence-electron chi connectivity index (χ3n) is 8.25. The third-order valence-corrected chi connectivity index (χ3v) is 8.25. The van der Waals surface area contributed by atoms with Gasteiger partial charge in [-0.1, -0.05) is 36.4 Å². The highest BCUT2D eigenvalue weighted by molar-refractivity contribution is 5.87. The normalized spacial score (nSPS) is 42.0. The Hall–Kier alpha value is -2.73. The van der Waals surface area contributed by atoms with Crippen LogP contribution in [0.25, 0.3) is 6.08 Å². The van der Waals surface area contributed by atoms with Crippen LogP contribution in [0, 0.1) is 11.8 Å². The van der Waals surface area contributed by atoms with Crippen LogP contribution in [0.1, 0.15) is 12.5 Å². The van der Waals surface area contributed by atoms with Crippen LogP contribution in [0.15, 0.2) is 60.4 Å². The number of hydrogen-bond acceptors (Lipinski definition) is 14. The minimum absolute atomic E-state index is 0.432. The van der Waals surface area contributed by atoms with E-state index in [1.54, 1.807) is 36.4 Å². The van der Waals surface area contributed by atoms with Crippen molar-refractivity contribution in [3.05, 3.63) is 66.0 Å². The van der Waals surface area contributed by atoms with Gasteiger partial charge in [0.2, 0.25) is 6.29 Å². The van der Waals surface area contributed by atoms with Crippen molar-refractivity contribution in [3.8, 4) is 0 Å². The Morgan fingerprint density at radius 3 is 2.34 bits per heavy atom. The lowest BCUT2D eigenvalue weighted by Gasteiger charge is -2.43. The summed E-state index contributed by atoms with van der Waals surface area (Å²) in [5.41, 5.74) is 1.18. The summed E-state index contributed by atoms with van der Waals surface area (Å²) in [5, 5.41) is 71.7. The molecule has 7 N–H and O–H groups in total. The van der Waals surface area contributed by atoms with Crippen molar-refractivity contribution in [3.63, 3.8) is 0 Å². The zero-order chi connectivity index (χ0) is 31.5. The Morgan fingerprint density at radius 1 is 0.886 bits per heavy atom. The summed E-state index contributed by atoms with van der Waals surface area (Å²) >= 11 is 0. The minimum Gasteiger partial charge on any atom is -0.472 e. The second-order valence-electron chi connectivity index (χ2n) is 11.1. The Bertz CT molecular complexity index is 1200. The molecule has 242 valence electrons. The molecule has 14 atom stereocenters. The number of aliphatic hydroxyl groups excluding tert-OH is 7. The highest BCUT2D eigenvalue weighted by Crippen LogP contribution is 2.43.